The van der Waals surface area contributed by atoms with Crippen molar-refractivity contribution in [2.24, 2.45) is 0 Å². The molecule has 2 aromatic rings. The van der Waals surface area contributed by atoms with Gasteiger partial charge in [-0.25, -0.2) is 4.39 Å². The number of nitrogens with zero attached hydrogens (tertiary/aromatic N) is 4. The van der Waals surface area contributed by atoms with E-state index in [0.717, 1.165) is 31.6 Å². The summed E-state index contributed by atoms with van der Waals surface area (Å²) in [6, 6.07) is 4.22. The minimum atomic E-state index is -0.520. The summed E-state index contributed by atoms with van der Waals surface area (Å²) in [4.78, 5) is 14.4. The number of rotatable bonds is 10. The Kier molecular flexibility index (Phi) is 8.72. The third-order valence-corrected chi connectivity index (χ3v) is 5.53. The lowest BCUT2D eigenvalue weighted by Gasteiger charge is -2.23. The lowest BCUT2D eigenvalue weighted by molar-refractivity contribution is -0.113. The van der Waals surface area contributed by atoms with Gasteiger partial charge in [-0.2, -0.15) is 0 Å². The van der Waals surface area contributed by atoms with Crippen LogP contribution in [0.15, 0.2) is 23.4 Å². The van der Waals surface area contributed by atoms with Gasteiger partial charge in [0.15, 0.2) is 11.0 Å². The Hall–Kier alpha value is -1.64. The van der Waals surface area contributed by atoms with E-state index in [2.05, 4.69) is 38.8 Å². The van der Waals surface area contributed by atoms with Gasteiger partial charge < -0.3 is 9.88 Å². The van der Waals surface area contributed by atoms with E-state index >= 15 is 0 Å². The van der Waals surface area contributed by atoms with Crippen molar-refractivity contribution in [2.45, 2.75) is 50.9 Å². The molecular formula is C19H27ClFN5OS. The monoisotopic (exact) mass is 427 g/mol. The Labute approximate surface area is 174 Å². The predicted octanol–water partition coefficient (Wildman–Crippen LogP) is 4.61. The zero-order valence-electron chi connectivity index (χ0n) is 16.7. The molecule has 1 aromatic heterocycles. The summed E-state index contributed by atoms with van der Waals surface area (Å²) in [5.74, 6) is 0.171. The first kappa shape index (κ1) is 22.6. The summed E-state index contributed by atoms with van der Waals surface area (Å²) in [6.07, 6.45) is 2.97. The van der Waals surface area contributed by atoms with Gasteiger partial charge in [-0.3, -0.25) is 9.69 Å². The first-order valence-corrected chi connectivity index (χ1v) is 10.7. The van der Waals surface area contributed by atoms with E-state index in [1.807, 2.05) is 14.1 Å². The Bertz CT molecular complexity index is 799. The van der Waals surface area contributed by atoms with Crippen molar-refractivity contribution < 1.29 is 9.18 Å². The number of halogens is 2. The molecule has 1 aromatic carbocycles. The molecule has 1 atom stereocenters. The molecule has 1 unspecified atom stereocenters. The molecule has 2 rings (SSSR count). The fourth-order valence-electron chi connectivity index (χ4n) is 2.87. The lowest BCUT2D eigenvalue weighted by atomic mass is 10.2. The second kappa shape index (κ2) is 10.8. The second-order valence-corrected chi connectivity index (χ2v) is 8.07. The normalized spacial score (nSPS) is 12.4. The standard InChI is InChI=1S/C19H27ClFN5OS/c1-5-7-10-26-18(16(6-2)25(3)4)23-24-19(26)28-12-17(27)22-15-11-13(20)8-9-14(15)21/h8-9,11,16H,5-7,10,12H2,1-4H3,(H,22,27). The SMILES string of the molecule is CCCCn1c(SCC(=O)Nc2cc(Cl)ccc2F)nnc1C(CC)N(C)C. The molecule has 28 heavy (non-hydrogen) atoms. The quantitative estimate of drug-likeness (QED) is 0.561. The molecule has 0 saturated carbocycles. The molecule has 0 aliphatic rings. The van der Waals surface area contributed by atoms with Gasteiger partial charge in [0.05, 0.1) is 17.5 Å². The number of hydrogen-bond donors (Lipinski definition) is 1. The first-order chi connectivity index (χ1) is 13.4. The van der Waals surface area contributed by atoms with Crippen LogP contribution in [0.1, 0.15) is 45.0 Å². The van der Waals surface area contributed by atoms with E-state index in [1.54, 1.807) is 0 Å². The molecule has 0 radical (unpaired) electrons. The largest absolute Gasteiger partial charge is 0.323 e. The number of carbonyl (C=O) groups is 1. The molecular weight excluding hydrogens is 401 g/mol. The van der Waals surface area contributed by atoms with Crippen LogP contribution in [-0.2, 0) is 11.3 Å². The van der Waals surface area contributed by atoms with E-state index in [9.17, 15) is 9.18 Å². The van der Waals surface area contributed by atoms with E-state index in [-0.39, 0.29) is 23.4 Å². The van der Waals surface area contributed by atoms with Crippen LogP contribution in [-0.4, -0.2) is 45.4 Å². The molecule has 0 saturated heterocycles. The Morgan fingerprint density at radius 3 is 2.75 bits per heavy atom. The van der Waals surface area contributed by atoms with Crippen molar-refractivity contribution in [3.8, 4) is 0 Å². The van der Waals surface area contributed by atoms with E-state index in [0.29, 0.717) is 10.2 Å². The fraction of sp³-hybridized carbons (Fsp3) is 0.526. The highest BCUT2D eigenvalue weighted by molar-refractivity contribution is 7.99. The zero-order valence-corrected chi connectivity index (χ0v) is 18.3. The molecule has 0 fully saturated rings. The number of amides is 1. The van der Waals surface area contributed by atoms with Crippen LogP contribution >= 0.6 is 23.4 Å². The third-order valence-electron chi connectivity index (χ3n) is 4.32. The average molecular weight is 428 g/mol. The van der Waals surface area contributed by atoms with Gasteiger partial charge in [0.25, 0.3) is 0 Å². The number of benzene rings is 1. The minimum Gasteiger partial charge on any atom is -0.323 e. The Balaban J connectivity index is 2.11. The molecule has 154 valence electrons. The summed E-state index contributed by atoms with van der Waals surface area (Å²) < 4.78 is 15.9. The molecule has 0 aliphatic heterocycles. The van der Waals surface area contributed by atoms with Crippen LogP contribution in [0.3, 0.4) is 0 Å². The van der Waals surface area contributed by atoms with E-state index in [4.69, 9.17) is 11.6 Å². The molecule has 9 heteroatoms. The van der Waals surface area contributed by atoms with Crippen molar-refractivity contribution in [3.63, 3.8) is 0 Å². The maximum Gasteiger partial charge on any atom is 0.234 e. The van der Waals surface area contributed by atoms with Crippen molar-refractivity contribution in [3.05, 3.63) is 34.9 Å². The second-order valence-electron chi connectivity index (χ2n) is 6.69. The van der Waals surface area contributed by atoms with Crippen molar-refractivity contribution >= 4 is 35.0 Å². The molecule has 0 bridgehead atoms. The molecule has 1 heterocycles. The van der Waals surface area contributed by atoms with E-state index < -0.39 is 5.82 Å². The first-order valence-electron chi connectivity index (χ1n) is 9.34. The maximum absolute atomic E-state index is 13.8. The van der Waals surface area contributed by atoms with Crippen molar-refractivity contribution in [2.75, 3.05) is 25.2 Å². The number of thioether (sulfide) groups is 1. The molecule has 0 aliphatic carbocycles. The smallest absolute Gasteiger partial charge is 0.234 e. The number of nitrogens with one attached hydrogen (secondary N) is 1. The summed E-state index contributed by atoms with van der Waals surface area (Å²) in [6.45, 7) is 5.05. The van der Waals surface area contributed by atoms with Gasteiger partial charge in [0, 0.05) is 11.6 Å². The van der Waals surface area contributed by atoms with Crippen LogP contribution in [0.2, 0.25) is 5.02 Å². The van der Waals surface area contributed by atoms with Crippen molar-refractivity contribution in [1.82, 2.24) is 19.7 Å². The number of unbranched alkanes of at least 4 members (excludes halogenated alkanes) is 1. The summed E-state index contributed by atoms with van der Waals surface area (Å²) >= 11 is 7.16. The summed E-state index contributed by atoms with van der Waals surface area (Å²) in [5.41, 5.74) is 0.0740. The van der Waals surface area contributed by atoms with Crippen LogP contribution in [0.25, 0.3) is 0 Å². The summed E-state index contributed by atoms with van der Waals surface area (Å²) in [5, 5.41) is 12.3. The van der Waals surface area contributed by atoms with E-state index in [1.165, 1.54) is 30.0 Å². The predicted molar refractivity (Wildman–Crippen MR) is 112 cm³/mol. The lowest BCUT2D eigenvalue weighted by Crippen LogP contribution is -2.23. The van der Waals surface area contributed by atoms with Crippen LogP contribution in [0.5, 0.6) is 0 Å². The fourth-order valence-corrected chi connectivity index (χ4v) is 3.81. The topological polar surface area (TPSA) is 63.1 Å². The van der Waals surface area contributed by atoms with Crippen LogP contribution in [0.4, 0.5) is 10.1 Å². The zero-order chi connectivity index (χ0) is 20.7. The molecule has 1 amide bonds. The molecule has 0 spiro atoms. The third kappa shape index (κ3) is 5.93. The molecule has 1 N–H and O–H groups in total. The number of anilines is 1. The highest BCUT2D eigenvalue weighted by atomic mass is 35.5. The van der Waals surface area contributed by atoms with Gasteiger partial charge in [0.1, 0.15) is 5.82 Å². The average Bonchev–Trinajstić information content (AvgIpc) is 3.04. The van der Waals surface area contributed by atoms with Crippen LogP contribution in [0, 0.1) is 5.82 Å². The minimum absolute atomic E-state index is 0.0740. The Morgan fingerprint density at radius 1 is 1.36 bits per heavy atom. The maximum atomic E-state index is 13.8. The number of hydrogen-bond acceptors (Lipinski definition) is 5. The molecule has 6 nitrogen and oxygen atoms in total. The Morgan fingerprint density at radius 2 is 2.11 bits per heavy atom. The van der Waals surface area contributed by atoms with Crippen molar-refractivity contribution in [1.29, 1.82) is 0 Å². The van der Waals surface area contributed by atoms with Crippen LogP contribution < -0.4 is 5.32 Å². The van der Waals surface area contributed by atoms with Gasteiger partial charge in [-0.05, 0) is 45.1 Å². The summed E-state index contributed by atoms with van der Waals surface area (Å²) in [7, 11) is 4.04. The van der Waals surface area contributed by atoms with Gasteiger partial charge in [-0.15, -0.1) is 10.2 Å². The number of carbonyl (C=O) groups excluding carboxylic acids is 1. The highest BCUT2D eigenvalue weighted by Crippen LogP contribution is 2.26. The highest BCUT2D eigenvalue weighted by Gasteiger charge is 2.22. The number of aromatic nitrogens is 3. The van der Waals surface area contributed by atoms with Gasteiger partial charge in [-0.1, -0.05) is 43.6 Å². The van der Waals surface area contributed by atoms with Gasteiger partial charge >= 0.3 is 0 Å². The van der Waals surface area contributed by atoms with Gasteiger partial charge in [0.2, 0.25) is 5.91 Å².